The summed E-state index contributed by atoms with van der Waals surface area (Å²) in [6.07, 6.45) is 3.36. The first-order valence-corrected chi connectivity index (χ1v) is 10.2. The topological polar surface area (TPSA) is 88.5 Å². The minimum atomic E-state index is 0.0420. The van der Waals surface area contributed by atoms with Crippen LogP contribution in [-0.2, 0) is 4.79 Å². The number of nitrogens with zero attached hydrogens (tertiary/aromatic N) is 4. The molecule has 7 nitrogen and oxygen atoms in total. The van der Waals surface area contributed by atoms with Crippen molar-refractivity contribution in [3.8, 4) is 11.1 Å². The molecular formula is C22H28N6O. The molecule has 1 saturated heterocycles. The Morgan fingerprint density at radius 3 is 2.52 bits per heavy atom. The number of rotatable bonds is 4. The number of nitrogen functional groups attached to an aromatic ring is 1. The fourth-order valence-corrected chi connectivity index (χ4v) is 4.18. The van der Waals surface area contributed by atoms with Crippen LogP contribution in [0.4, 0.5) is 11.5 Å². The summed E-state index contributed by atoms with van der Waals surface area (Å²) in [6.45, 7) is 5.48. The molecule has 1 aliphatic heterocycles. The van der Waals surface area contributed by atoms with Gasteiger partial charge in [0.2, 0.25) is 5.91 Å². The van der Waals surface area contributed by atoms with E-state index >= 15 is 0 Å². The Bertz CT molecular complexity index is 1020. The second-order valence-electron chi connectivity index (χ2n) is 7.97. The van der Waals surface area contributed by atoms with Crippen LogP contribution in [-0.4, -0.2) is 45.5 Å². The summed E-state index contributed by atoms with van der Waals surface area (Å²) in [5.74, 6) is 1.09. The van der Waals surface area contributed by atoms with Gasteiger partial charge in [0.25, 0.3) is 0 Å². The van der Waals surface area contributed by atoms with Gasteiger partial charge in [0, 0.05) is 48.9 Å². The zero-order chi connectivity index (χ0) is 20.5. The van der Waals surface area contributed by atoms with Gasteiger partial charge in [0.05, 0.1) is 0 Å². The van der Waals surface area contributed by atoms with Gasteiger partial charge in [-0.1, -0.05) is 26.0 Å². The third kappa shape index (κ3) is 3.52. The number of likely N-dealkylation sites (tertiary alicyclic amines) is 1. The lowest BCUT2D eigenvalue weighted by atomic mass is 9.92. The van der Waals surface area contributed by atoms with Crippen LogP contribution < -0.4 is 11.1 Å². The number of piperidine rings is 1. The summed E-state index contributed by atoms with van der Waals surface area (Å²) in [4.78, 5) is 18.5. The molecule has 1 aromatic carbocycles. The fraction of sp³-hybridized carbons (Fsp3) is 0.409. The summed E-state index contributed by atoms with van der Waals surface area (Å²) >= 11 is 0. The van der Waals surface area contributed by atoms with Crippen molar-refractivity contribution in [2.75, 3.05) is 31.2 Å². The molecule has 3 N–H and O–H groups in total. The smallest absolute Gasteiger partial charge is 0.225 e. The lowest BCUT2D eigenvalue weighted by Gasteiger charge is -2.33. The molecular weight excluding hydrogens is 364 g/mol. The SMILES string of the molecule is CNc1ccc(-c2cc(C3CCN(C(=O)C(C)C)CC3)n3ncnc(N)c23)cc1. The second kappa shape index (κ2) is 7.73. The Morgan fingerprint density at radius 1 is 1.21 bits per heavy atom. The maximum atomic E-state index is 12.3. The van der Waals surface area contributed by atoms with Crippen LogP contribution >= 0.6 is 0 Å². The zero-order valence-corrected chi connectivity index (χ0v) is 17.2. The van der Waals surface area contributed by atoms with Crippen LogP contribution in [0.25, 0.3) is 16.6 Å². The fourth-order valence-electron chi connectivity index (χ4n) is 4.18. The number of nitrogens with two attached hydrogens (primary N) is 1. The second-order valence-corrected chi connectivity index (χ2v) is 7.97. The van der Waals surface area contributed by atoms with E-state index in [1.54, 1.807) is 0 Å². The van der Waals surface area contributed by atoms with Gasteiger partial charge in [-0.2, -0.15) is 5.10 Å². The minimum absolute atomic E-state index is 0.0420. The number of fused-ring (bicyclic) bond motifs is 1. The number of benzene rings is 1. The molecule has 0 unspecified atom stereocenters. The van der Waals surface area contributed by atoms with Crippen molar-refractivity contribution in [3.63, 3.8) is 0 Å². The normalized spacial score (nSPS) is 15.2. The molecule has 0 bridgehead atoms. The highest BCUT2D eigenvalue weighted by molar-refractivity contribution is 5.88. The number of nitrogens with one attached hydrogen (secondary N) is 1. The van der Waals surface area contributed by atoms with Crippen molar-refractivity contribution in [1.82, 2.24) is 19.5 Å². The first kappa shape index (κ1) is 19.2. The van der Waals surface area contributed by atoms with E-state index in [2.05, 4.69) is 45.7 Å². The molecule has 0 atom stereocenters. The van der Waals surface area contributed by atoms with Gasteiger partial charge in [-0.15, -0.1) is 0 Å². The number of hydrogen-bond donors (Lipinski definition) is 2. The Labute approximate surface area is 170 Å². The number of carbonyl (C=O) groups is 1. The average molecular weight is 393 g/mol. The number of hydrogen-bond acceptors (Lipinski definition) is 5. The van der Waals surface area contributed by atoms with Crippen LogP contribution in [0.15, 0.2) is 36.7 Å². The molecule has 2 aromatic heterocycles. The van der Waals surface area contributed by atoms with Crippen molar-refractivity contribution in [2.45, 2.75) is 32.6 Å². The summed E-state index contributed by atoms with van der Waals surface area (Å²) in [5.41, 5.74) is 11.4. The van der Waals surface area contributed by atoms with Crippen molar-refractivity contribution < 1.29 is 4.79 Å². The van der Waals surface area contributed by atoms with Gasteiger partial charge < -0.3 is 16.0 Å². The molecule has 3 heterocycles. The third-order valence-corrected chi connectivity index (χ3v) is 5.81. The maximum absolute atomic E-state index is 12.3. The van der Waals surface area contributed by atoms with E-state index in [4.69, 9.17) is 5.73 Å². The summed E-state index contributed by atoms with van der Waals surface area (Å²) in [7, 11) is 1.91. The van der Waals surface area contributed by atoms with Crippen LogP contribution in [0, 0.1) is 5.92 Å². The third-order valence-electron chi connectivity index (χ3n) is 5.81. The number of carbonyl (C=O) groups excluding carboxylic acids is 1. The van der Waals surface area contributed by atoms with Gasteiger partial charge >= 0.3 is 0 Å². The van der Waals surface area contributed by atoms with Crippen LogP contribution in [0.5, 0.6) is 0 Å². The lowest BCUT2D eigenvalue weighted by Crippen LogP contribution is -2.40. The number of amides is 1. The molecule has 152 valence electrons. The number of anilines is 2. The molecule has 7 heteroatoms. The van der Waals surface area contributed by atoms with E-state index in [9.17, 15) is 4.79 Å². The molecule has 1 aliphatic rings. The summed E-state index contributed by atoms with van der Waals surface area (Å²) in [5, 5.41) is 7.66. The minimum Gasteiger partial charge on any atom is -0.388 e. The first-order chi connectivity index (χ1) is 14.0. The molecule has 1 amide bonds. The Kier molecular flexibility index (Phi) is 5.13. The monoisotopic (exact) mass is 392 g/mol. The molecule has 0 radical (unpaired) electrons. The van der Waals surface area contributed by atoms with Gasteiger partial charge in [-0.3, -0.25) is 4.79 Å². The van der Waals surface area contributed by atoms with E-state index in [0.29, 0.717) is 11.7 Å². The molecule has 0 aliphatic carbocycles. The summed E-state index contributed by atoms with van der Waals surface area (Å²) < 4.78 is 1.94. The molecule has 29 heavy (non-hydrogen) atoms. The van der Waals surface area contributed by atoms with Gasteiger partial charge in [0.15, 0.2) is 5.82 Å². The zero-order valence-electron chi connectivity index (χ0n) is 17.2. The van der Waals surface area contributed by atoms with Gasteiger partial charge in [-0.05, 0) is 36.6 Å². The van der Waals surface area contributed by atoms with Gasteiger partial charge in [0.1, 0.15) is 11.8 Å². The van der Waals surface area contributed by atoms with Gasteiger partial charge in [-0.25, -0.2) is 9.50 Å². The van der Waals surface area contributed by atoms with E-state index in [0.717, 1.165) is 54.0 Å². The van der Waals surface area contributed by atoms with E-state index in [1.807, 2.05) is 30.3 Å². The van der Waals surface area contributed by atoms with Crippen LogP contribution in [0.2, 0.25) is 0 Å². The first-order valence-electron chi connectivity index (χ1n) is 10.2. The molecule has 1 fully saturated rings. The molecule has 4 rings (SSSR count). The maximum Gasteiger partial charge on any atom is 0.225 e. The van der Waals surface area contributed by atoms with Crippen molar-refractivity contribution in [2.24, 2.45) is 5.92 Å². The molecule has 0 spiro atoms. The van der Waals surface area contributed by atoms with Crippen LogP contribution in [0.1, 0.15) is 38.3 Å². The quantitative estimate of drug-likeness (QED) is 0.711. The highest BCUT2D eigenvalue weighted by atomic mass is 16.2. The predicted molar refractivity (Wildman–Crippen MR) is 116 cm³/mol. The average Bonchev–Trinajstić information content (AvgIpc) is 3.14. The lowest BCUT2D eigenvalue weighted by molar-refractivity contribution is -0.135. The Hall–Kier alpha value is -3.09. The van der Waals surface area contributed by atoms with Crippen molar-refractivity contribution in [3.05, 3.63) is 42.4 Å². The largest absolute Gasteiger partial charge is 0.388 e. The van der Waals surface area contributed by atoms with E-state index in [-0.39, 0.29) is 11.8 Å². The highest BCUT2D eigenvalue weighted by Crippen LogP contribution is 2.37. The Balaban J connectivity index is 1.69. The predicted octanol–water partition coefficient (Wildman–Crippen LogP) is 3.38. The molecule has 3 aromatic rings. The van der Waals surface area contributed by atoms with Crippen molar-refractivity contribution >= 4 is 22.9 Å². The number of aromatic nitrogens is 3. The highest BCUT2D eigenvalue weighted by Gasteiger charge is 2.28. The van der Waals surface area contributed by atoms with Crippen LogP contribution in [0.3, 0.4) is 0 Å². The summed E-state index contributed by atoms with van der Waals surface area (Å²) in [6, 6.07) is 10.5. The van der Waals surface area contributed by atoms with E-state index in [1.165, 1.54) is 6.33 Å². The van der Waals surface area contributed by atoms with E-state index < -0.39 is 0 Å². The van der Waals surface area contributed by atoms with Crippen molar-refractivity contribution in [1.29, 1.82) is 0 Å². The standard InChI is InChI=1S/C22H28N6O/c1-14(2)22(29)27-10-8-16(9-11-27)19-12-18(15-4-6-17(24-3)7-5-15)20-21(23)25-13-26-28(19)20/h4-7,12-14,16,24H,8-11H2,1-3H3,(H2,23,25,26). The molecule has 0 saturated carbocycles. The Morgan fingerprint density at radius 2 is 1.90 bits per heavy atom.